The number of carbonyl (C=O) groups is 2. The van der Waals surface area contributed by atoms with Gasteiger partial charge in [0.05, 0.1) is 12.0 Å². The Kier molecular flexibility index (Phi) is 6.08. The molecule has 1 saturated carbocycles. The number of rotatable bonds is 7. The number of carbonyl (C=O) groups excluding carboxylic acids is 2. The van der Waals surface area contributed by atoms with Crippen LogP contribution in [-0.2, 0) is 21.3 Å². The average molecular weight is 451 g/mol. The van der Waals surface area contributed by atoms with Gasteiger partial charge in [-0.25, -0.2) is 4.39 Å². The number of ether oxygens (including phenoxy) is 1. The van der Waals surface area contributed by atoms with Gasteiger partial charge in [0.2, 0.25) is 5.91 Å². The van der Waals surface area contributed by atoms with Gasteiger partial charge in [0, 0.05) is 47.2 Å². The van der Waals surface area contributed by atoms with Crippen molar-refractivity contribution in [2.24, 2.45) is 0 Å². The second-order valence-electron chi connectivity index (χ2n) is 7.60. The molecule has 2 fully saturated rings. The molecule has 0 bridgehead atoms. The summed E-state index contributed by atoms with van der Waals surface area (Å²) in [5.74, 6) is -1.41. The molecule has 1 aromatic heterocycles. The Bertz CT molecular complexity index is 865. The molecule has 0 radical (unpaired) electrons. The lowest BCUT2D eigenvalue weighted by Gasteiger charge is -2.40. The molecule has 1 saturated heterocycles. The fourth-order valence-corrected chi connectivity index (χ4v) is 4.92. The minimum Gasteiger partial charge on any atom is -0.484 e. The first kappa shape index (κ1) is 22.4. The molecular formula is C18H21F4N3O4S. The third-order valence-corrected chi connectivity index (χ3v) is 6.90. The van der Waals surface area contributed by atoms with Gasteiger partial charge in [-0.1, -0.05) is 0 Å². The fraction of sp³-hybridized carbons (Fsp3) is 0.611. The van der Waals surface area contributed by atoms with Crippen molar-refractivity contribution in [2.75, 3.05) is 25.2 Å². The van der Waals surface area contributed by atoms with Crippen LogP contribution in [0.5, 0.6) is 5.75 Å². The lowest BCUT2D eigenvalue weighted by atomic mass is 9.77. The number of hydrogen-bond donors (Lipinski definition) is 2. The highest BCUT2D eigenvalue weighted by atomic mass is 32.2. The third-order valence-electron chi connectivity index (χ3n) is 5.15. The van der Waals surface area contributed by atoms with E-state index in [0.29, 0.717) is 6.42 Å². The number of alkyl halides is 4. The highest BCUT2D eigenvalue weighted by molar-refractivity contribution is 7.86. The van der Waals surface area contributed by atoms with E-state index < -0.39 is 46.4 Å². The van der Waals surface area contributed by atoms with Gasteiger partial charge in [-0.15, -0.1) is 0 Å². The largest absolute Gasteiger partial charge is 0.484 e. The van der Waals surface area contributed by atoms with Gasteiger partial charge in [0.25, 0.3) is 5.91 Å². The number of aromatic nitrogens is 1. The van der Waals surface area contributed by atoms with Crippen molar-refractivity contribution in [3.63, 3.8) is 0 Å². The molecule has 0 unspecified atom stereocenters. The van der Waals surface area contributed by atoms with Gasteiger partial charge in [0.1, 0.15) is 17.1 Å². The predicted octanol–water partition coefficient (Wildman–Crippen LogP) is 1.74. The van der Waals surface area contributed by atoms with Crippen molar-refractivity contribution in [3.8, 4) is 5.75 Å². The highest BCUT2D eigenvalue weighted by Gasteiger charge is 2.46. The van der Waals surface area contributed by atoms with Crippen molar-refractivity contribution < 1.29 is 36.1 Å². The molecule has 0 atom stereocenters. The molecule has 2 aliphatic rings. The zero-order valence-electron chi connectivity index (χ0n) is 16.1. The zero-order valence-corrected chi connectivity index (χ0v) is 16.9. The second-order valence-corrected chi connectivity index (χ2v) is 9.06. The average Bonchev–Trinajstić information content (AvgIpc) is 2.62. The van der Waals surface area contributed by atoms with Crippen LogP contribution in [0.25, 0.3) is 0 Å². The summed E-state index contributed by atoms with van der Waals surface area (Å²) in [6.07, 6.45) is -2.89. The van der Waals surface area contributed by atoms with Crippen molar-refractivity contribution in [3.05, 3.63) is 23.5 Å². The Labute approximate surface area is 172 Å². The van der Waals surface area contributed by atoms with Gasteiger partial charge in [-0.2, -0.15) is 13.2 Å². The minimum absolute atomic E-state index is 0.0647. The van der Waals surface area contributed by atoms with Crippen LogP contribution in [0.2, 0.25) is 0 Å². The number of pyridine rings is 1. The van der Waals surface area contributed by atoms with E-state index in [2.05, 4.69) is 15.6 Å². The SMILES string of the molecule is CNC(=O)CC1(NC(=O)c2cc(OCC(F)(F)F)c(C3(F)CCC3)cn2)CS(=O)C1. The Morgan fingerprint density at radius 2 is 1.97 bits per heavy atom. The molecule has 166 valence electrons. The van der Waals surface area contributed by atoms with E-state index in [1.807, 2.05) is 0 Å². The van der Waals surface area contributed by atoms with Crippen LogP contribution in [0.3, 0.4) is 0 Å². The Morgan fingerprint density at radius 3 is 2.47 bits per heavy atom. The summed E-state index contributed by atoms with van der Waals surface area (Å²) in [6, 6.07) is 0.972. The summed E-state index contributed by atoms with van der Waals surface area (Å²) in [5, 5.41) is 5.02. The van der Waals surface area contributed by atoms with Gasteiger partial charge in [-0.05, 0) is 19.3 Å². The number of amides is 2. The standard InChI is InChI=1S/C18H21F4N3O4S/c1-23-14(26)6-16(9-30(28)10-16)25-15(27)12-5-13(29-8-18(20,21)22)11(7-24-12)17(19)3-2-4-17/h5,7H,2-4,6,8-10H2,1H3,(H,23,26)(H,25,27). The molecule has 1 aliphatic heterocycles. The smallest absolute Gasteiger partial charge is 0.422 e. The first-order chi connectivity index (χ1) is 14.0. The summed E-state index contributed by atoms with van der Waals surface area (Å²) in [6.45, 7) is -1.64. The van der Waals surface area contributed by atoms with Crippen molar-refractivity contribution in [2.45, 2.75) is 43.1 Å². The summed E-state index contributed by atoms with van der Waals surface area (Å²) in [7, 11) is 0.228. The van der Waals surface area contributed by atoms with Crippen LogP contribution < -0.4 is 15.4 Å². The zero-order chi connectivity index (χ0) is 22.2. The molecule has 1 aromatic rings. The lowest BCUT2D eigenvalue weighted by molar-refractivity contribution is -0.154. The third kappa shape index (κ3) is 4.90. The maximum Gasteiger partial charge on any atom is 0.422 e. The Hall–Kier alpha value is -2.24. The number of halogens is 4. The number of nitrogens with one attached hydrogen (secondary N) is 2. The molecule has 0 aromatic carbocycles. The van der Waals surface area contributed by atoms with Crippen molar-refractivity contribution >= 4 is 22.6 Å². The van der Waals surface area contributed by atoms with Gasteiger partial charge >= 0.3 is 6.18 Å². The molecule has 3 rings (SSSR count). The van der Waals surface area contributed by atoms with Crippen molar-refractivity contribution in [1.29, 1.82) is 0 Å². The molecular weight excluding hydrogens is 430 g/mol. The summed E-state index contributed by atoms with van der Waals surface area (Å²) >= 11 is 0. The van der Waals surface area contributed by atoms with Gasteiger partial charge < -0.3 is 15.4 Å². The molecule has 0 spiro atoms. The Balaban J connectivity index is 1.83. The van der Waals surface area contributed by atoms with E-state index in [1.54, 1.807) is 0 Å². The van der Waals surface area contributed by atoms with Crippen LogP contribution >= 0.6 is 0 Å². The first-order valence-corrected chi connectivity index (χ1v) is 10.7. The van der Waals surface area contributed by atoms with E-state index in [4.69, 9.17) is 4.74 Å². The molecule has 2 N–H and O–H groups in total. The number of hydrogen-bond acceptors (Lipinski definition) is 5. The quantitative estimate of drug-likeness (QED) is 0.616. The first-order valence-electron chi connectivity index (χ1n) is 9.22. The monoisotopic (exact) mass is 451 g/mol. The predicted molar refractivity (Wildman–Crippen MR) is 99.2 cm³/mol. The van der Waals surface area contributed by atoms with E-state index in [-0.39, 0.29) is 47.9 Å². The van der Waals surface area contributed by atoms with E-state index >= 15 is 0 Å². The molecule has 2 amide bonds. The van der Waals surface area contributed by atoms with Crippen molar-refractivity contribution in [1.82, 2.24) is 15.6 Å². The van der Waals surface area contributed by atoms with Crippen LogP contribution in [0.15, 0.2) is 12.3 Å². The summed E-state index contributed by atoms with van der Waals surface area (Å²) in [5.41, 5.74) is -3.29. The maximum atomic E-state index is 14.8. The van der Waals surface area contributed by atoms with Crippen LogP contribution in [0, 0.1) is 0 Å². The topological polar surface area (TPSA) is 97.4 Å². The van der Waals surface area contributed by atoms with E-state index in [1.165, 1.54) is 7.05 Å². The van der Waals surface area contributed by atoms with Gasteiger partial charge in [-0.3, -0.25) is 18.8 Å². The molecule has 7 nitrogen and oxygen atoms in total. The second kappa shape index (κ2) is 8.12. The molecule has 1 aliphatic carbocycles. The summed E-state index contributed by atoms with van der Waals surface area (Å²) < 4.78 is 69.0. The molecule has 12 heteroatoms. The Morgan fingerprint density at radius 1 is 1.30 bits per heavy atom. The summed E-state index contributed by atoms with van der Waals surface area (Å²) in [4.78, 5) is 28.3. The molecule has 2 heterocycles. The van der Waals surface area contributed by atoms with E-state index in [0.717, 1.165) is 12.3 Å². The highest BCUT2D eigenvalue weighted by Crippen LogP contribution is 2.48. The molecule has 30 heavy (non-hydrogen) atoms. The number of nitrogens with zero attached hydrogens (tertiary/aromatic N) is 1. The van der Waals surface area contributed by atoms with Crippen LogP contribution in [0.4, 0.5) is 17.6 Å². The van der Waals surface area contributed by atoms with Crippen LogP contribution in [0.1, 0.15) is 41.7 Å². The minimum atomic E-state index is -4.64. The lowest BCUT2D eigenvalue weighted by Crippen LogP contribution is -2.64. The van der Waals surface area contributed by atoms with Gasteiger partial charge in [0.15, 0.2) is 6.61 Å². The van der Waals surface area contributed by atoms with Crippen LogP contribution in [-0.4, -0.2) is 57.9 Å². The van der Waals surface area contributed by atoms with E-state index in [9.17, 15) is 31.4 Å². The normalized spacial score (nSPS) is 24.9. The fourth-order valence-electron chi connectivity index (χ4n) is 3.43. The maximum absolute atomic E-state index is 14.8.